The van der Waals surface area contributed by atoms with Gasteiger partial charge < -0.3 is 14.8 Å². The van der Waals surface area contributed by atoms with E-state index < -0.39 is 0 Å². The van der Waals surface area contributed by atoms with Crippen LogP contribution >= 0.6 is 0 Å². The Bertz CT molecular complexity index is 781. The minimum atomic E-state index is -0.347. The summed E-state index contributed by atoms with van der Waals surface area (Å²) in [4.78, 5) is 24.0. The molecule has 1 amide bonds. The second-order valence-corrected chi connectivity index (χ2v) is 5.98. The Morgan fingerprint density at radius 1 is 1.04 bits per heavy atom. The molecule has 0 radical (unpaired) electrons. The average Bonchev–Trinajstić information content (AvgIpc) is 2.70. The van der Waals surface area contributed by atoms with E-state index in [0.29, 0.717) is 23.6 Å². The smallest absolute Gasteiger partial charge is 0.338 e. The van der Waals surface area contributed by atoms with E-state index in [0.717, 1.165) is 24.8 Å². The van der Waals surface area contributed by atoms with E-state index in [1.165, 1.54) is 6.08 Å². The van der Waals surface area contributed by atoms with Crippen LogP contribution in [0.3, 0.4) is 0 Å². The summed E-state index contributed by atoms with van der Waals surface area (Å²) < 4.78 is 10.5. The van der Waals surface area contributed by atoms with Gasteiger partial charge in [0.2, 0.25) is 5.91 Å². The zero-order valence-corrected chi connectivity index (χ0v) is 15.7. The molecule has 2 aromatic rings. The molecule has 1 N–H and O–H groups in total. The van der Waals surface area contributed by atoms with Crippen LogP contribution in [0, 0.1) is 0 Å². The highest BCUT2D eigenvalue weighted by Crippen LogP contribution is 2.18. The second kappa shape index (κ2) is 10.8. The number of amides is 1. The van der Waals surface area contributed by atoms with Crippen LogP contribution < -0.4 is 10.1 Å². The number of methoxy groups -OCH3 is 1. The monoisotopic (exact) mass is 367 g/mol. The van der Waals surface area contributed by atoms with Crippen molar-refractivity contribution < 1.29 is 19.1 Å². The number of ether oxygens (including phenoxy) is 2. The quantitative estimate of drug-likeness (QED) is 0.397. The third kappa shape index (κ3) is 6.62. The minimum absolute atomic E-state index is 0.268. The lowest BCUT2D eigenvalue weighted by molar-refractivity contribution is -0.111. The average molecular weight is 367 g/mol. The van der Waals surface area contributed by atoms with Crippen molar-refractivity contribution in [1.82, 2.24) is 0 Å². The van der Waals surface area contributed by atoms with Crippen molar-refractivity contribution in [2.24, 2.45) is 0 Å². The van der Waals surface area contributed by atoms with Gasteiger partial charge in [-0.05, 0) is 42.8 Å². The van der Waals surface area contributed by atoms with Gasteiger partial charge in [0.15, 0.2) is 0 Å². The summed E-state index contributed by atoms with van der Waals surface area (Å²) in [6, 6.07) is 14.1. The summed E-state index contributed by atoms with van der Waals surface area (Å²) in [5.74, 6) is 0.0826. The van der Waals surface area contributed by atoms with E-state index in [4.69, 9.17) is 9.47 Å². The fourth-order valence-corrected chi connectivity index (χ4v) is 2.44. The molecule has 0 heterocycles. The zero-order valence-electron chi connectivity index (χ0n) is 15.7. The van der Waals surface area contributed by atoms with Crippen LogP contribution in [0.4, 0.5) is 5.69 Å². The van der Waals surface area contributed by atoms with Gasteiger partial charge in [0, 0.05) is 17.3 Å². The number of hydrogen-bond acceptors (Lipinski definition) is 4. The number of nitrogens with one attached hydrogen (secondary N) is 1. The molecule has 2 aromatic carbocycles. The van der Waals surface area contributed by atoms with Gasteiger partial charge in [-0.2, -0.15) is 0 Å². The minimum Gasteiger partial charge on any atom is -0.496 e. The molecule has 0 fully saturated rings. The summed E-state index contributed by atoms with van der Waals surface area (Å²) in [5, 5.41) is 2.76. The maximum atomic E-state index is 12.1. The number of carbonyl (C=O) groups excluding carboxylic acids is 2. The number of para-hydroxylation sites is 1. The van der Waals surface area contributed by atoms with Gasteiger partial charge in [-0.3, -0.25) is 4.79 Å². The topological polar surface area (TPSA) is 64.6 Å². The summed E-state index contributed by atoms with van der Waals surface area (Å²) in [5.41, 5.74) is 1.89. The molecule has 0 aromatic heterocycles. The van der Waals surface area contributed by atoms with Crippen LogP contribution in [0.2, 0.25) is 0 Å². The molecule has 0 aliphatic heterocycles. The molecule has 0 saturated heterocycles. The van der Waals surface area contributed by atoms with E-state index in [9.17, 15) is 9.59 Å². The lowest BCUT2D eigenvalue weighted by atomic mass is 10.2. The molecular formula is C22H25NO4. The molecule has 0 spiro atoms. The van der Waals surface area contributed by atoms with Crippen molar-refractivity contribution in [2.45, 2.75) is 26.2 Å². The van der Waals surface area contributed by atoms with Crippen molar-refractivity contribution in [2.75, 3.05) is 19.0 Å². The third-order valence-corrected chi connectivity index (χ3v) is 3.92. The maximum Gasteiger partial charge on any atom is 0.338 e. The van der Waals surface area contributed by atoms with Crippen LogP contribution in [0.5, 0.6) is 5.75 Å². The van der Waals surface area contributed by atoms with E-state index in [-0.39, 0.29) is 11.9 Å². The Labute approximate surface area is 160 Å². The molecule has 142 valence electrons. The van der Waals surface area contributed by atoms with E-state index in [2.05, 4.69) is 12.2 Å². The number of hydrogen-bond donors (Lipinski definition) is 1. The van der Waals surface area contributed by atoms with Gasteiger partial charge in [0.05, 0.1) is 19.3 Å². The zero-order chi connectivity index (χ0) is 19.5. The van der Waals surface area contributed by atoms with Gasteiger partial charge in [0.25, 0.3) is 0 Å². The van der Waals surface area contributed by atoms with Gasteiger partial charge >= 0.3 is 5.97 Å². The first kappa shape index (κ1) is 20.2. The van der Waals surface area contributed by atoms with Crippen LogP contribution in [0.25, 0.3) is 6.08 Å². The predicted octanol–water partition coefficient (Wildman–Crippen LogP) is 4.69. The van der Waals surface area contributed by atoms with Crippen LogP contribution in [0.1, 0.15) is 42.1 Å². The first-order valence-electron chi connectivity index (χ1n) is 9.03. The molecule has 0 aliphatic carbocycles. The van der Waals surface area contributed by atoms with Gasteiger partial charge in [-0.1, -0.05) is 38.0 Å². The third-order valence-electron chi connectivity index (χ3n) is 3.92. The van der Waals surface area contributed by atoms with Gasteiger partial charge in [-0.15, -0.1) is 0 Å². The predicted molar refractivity (Wildman–Crippen MR) is 107 cm³/mol. The molecule has 0 bridgehead atoms. The number of benzene rings is 2. The molecule has 5 heteroatoms. The van der Waals surface area contributed by atoms with Crippen LogP contribution in [-0.2, 0) is 9.53 Å². The standard InChI is InChI=1S/C22H25NO4/c1-3-4-7-16-27-22(25)18-10-13-19(14-11-18)23-21(24)15-12-17-8-5-6-9-20(17)26-2/h5-6,8-15H,3-4,7,16H2,1-2H3,(H,23,24). The lowest BCUT2D eigenvalue weighted by Gasteiger charge is -2.06. The van der Waals surface area contributed by atoms with Crippen molar-refractivity contribution in [1.29, 1.82) is 0 Å². The number of unbranched alkanes of at least 4 members (excludes halogenated alkanes) is 2. The Hall–Kier alpha value is -3.08. The number of rotatable bonds is 9. The molecule has 0 saturated carbocycles. The van der Waals surface area contributed by atoms with Crippen molar-refractivity contribution in [3.8, 4) is 5.75 Å². The molecule has 2 rings (SSSR count). The molecule has 0 unspecified atom stereocenters. The molecule has 27 heavy (non-hydrogen) atoms. The summed E-state index contributed by atoms with van der Waals surface area (Å²) in [6.07, 6.45) is 6.12. The number of esters is 1. The number of carbonyl (C=O) groups is 2. The summed E-state index contributed by atoms with van der Waals surface area (Å²) >= 11 is 0. The van der Waals surface area contributed by atoms with Crippen LogP contribution in [-0.4, -0.2) is 25.6 Å². The lowest BCUT2D eigenvalue weighted by Crippen LogP contribution is -2.09. The number of anilines is 1. The molecule has 5 nitrogen and oxygen atoms in total. The van der Waals surface area contributed by atoms with Crippen molar-refractivity contribution in [3.05, 3.63) is 65.7 Å². The Morgan fingerprint density at radius 3 is 2.48 bits per heavy atom. The van der Waals surface area contributed by atoms with Crippen molar-refractivity contribution in [3.63, 3.8) is 0 Å². The van der Waals surface area contributed by atoms with E-state index >= 15 is 0 Å². The highest BCUT2D eigenvalue weighted by molar-refractivity contribution is 6.02. The molecule has 0 aliphatic rings. The Morgan fingerprint density at radius 2 is 1.78 bits per heavy atom. The fourth-order valence-electron chi connectivity index (χ4n) is 2.44. The highest BCUT2D eigenvalue weighted by Gasteiger charge is 2.07. The SMILES string of the molecule is CCCCCOC(=O)c1ccc(NC(=O)C=Cc2ccccc2OC)cc1. The first-order valence-corrected chi connectivity index (χ1v) is 9.03. The van der Waals surface area contributed by atoms with Crippen molar-refractivity contribution >= 4 is 23.6 Å². The fraction of sp³-hybridized carbons (Fsp3) is 0.273. The Kier molecular flexibility index (Phi) is 8.10. The first-order chi connectivity index (χ1) is 13.1. The summed E-state index contributed by atoms with van der Waals surface area (Å²) in [6.45, 7) is 2.53. The summed E-state index contributed by atoms with van der Waals surface area (Å²) in [7, 11) is 1.59. The molecule has 0 atom stereocenters. The largest absolute Gasteiger partial charge is 0.496 e. The van der Waals surface area contributed by atoms with E-state index in [1.807, 2.05) is 24.3 Å². The maximum absolute atomic E-state index is 12.1. The Balaban J connectivity index is 1.89. The van der Waals surface area contributed by atoms with Gasteiger partial charge in [-0.25, -0.2) is 4.79 Å². The van der Waals surface area contributed by atoms with E-state index in [1.54, 1.807) is 37.5 Å². The second-order valence-electron chi connectivity index (χ2n) is 5.98. The normalized spacial score (nSPS) is 10.6. The van der Waals surface area contributed by atoms with Gasteiger partial charge in [0.1, 0.15) is 5.75 Å². The molecular weight excluding hydrogens is 342 g/mol. The highest BCUT2D eigenvalue weighted by atomic mass is 16.5. The van der Waals surface area contributed by atoms with Crippen LogP contribution in [0.15, 0.2) is 54.6 Å².